The summed E-state index contributed by atoms with van der Waals surface area (Å²) in [5, 5.41) is 0. The van der Waals surface area contributed by atoms with Crippen molar-refractivity contribution in [2.75, 3.05) is 0 Å². The molecule has 2 fully saturated rings. The maximum absolute atomic E-state index is 2.37. The molecule has 0 spiro atoms. The van der Waals surface area contributed by atoms with Gasteiger partial charge in [-0.05, 0) is 49.4 Å². The molecule has 64 valence electrons. The van der Waals surface area contributed by atoms with E-state index in [2.05, 4.69) is 13.8 Å². The van der Waals surface area contributed by atoms with E-state index in [0.29, 0.717) is 0 Å². The highest BCUT2D eigenvalue weighted by Crippen LogP contribution is 2.50. The van der Waals surface area contributed by atoms with Gasteiger partial charge in [-0.1, -0.05) is 20.3 Å². The van der Waals surface area contributed by atoms with Crippen molar-refractivity contribution in [3.63, 3.8) is 0 Å². The third-order valence-corrected chi connectivity index (χ3v) is 3.66. The SMILES string of the molecule is CC(C)CC1CC2CCC1C2. The Morgan fingerprint density at radius 2 is 2.00 bits per heavy atom. The van der Waals surface area contributed by atoms with Gasteiger partial charge in [-0.3, -0.25) is 0 Å². The van der Waals surface area contributed by atoms with Gasteiger partial charge in [0.1, 0.15) is 0 Å². The lowest BCUT2D eigenvalue weighted by atomic mass is 9.83. The van der Waals surface area contributed by atoms with Crippen molar-refractivity contribution >= 4 is 0 Å². The fourth-order valence-electron chi connectivity index (χ4n) is 3.27. The summed E-state index contributed by atoms with van der Waals surface area (Å²) in [5.41, 5.74) is 0. The van der Waals surface area contributed by atoms with E-state index in [4.69, 9.17) is 0 Å². The van der Waals surface area contributed by atoms with Crippen LogP contribution in [0, 0.1) is 23.7 Å². The second kappa shape index (κ2) is 2.80. The summed E-state index contributed by atoms with van der Waals surface area (Å²) >= 11 is 0. The monoisotopic (exact) mass is 152 g/mol. The smallest absolute Gasteiger partial charge is 0.0381 e. The van der Waals surface area contributed by atoms with Crippen LogP contribution in [-0.4, -0.2) is 0 Å². The number of rotatable bonds is 2. The zero-order valence-electron chi connectivity index (χ0n) is 7.84. The molecule has 0 radical (unpaired) electrons. The molecule has 0 amide bonds. The number of fused-ring (bicyclic) bond motifs is 2. The van der Waals surface area contributed by atoms with Gasteiger partial charge in [0.2, 0.25) is 0 Å². The molecule has 0 N–H and O–H groups in total. The minimum atomic E-state index is 0.930. The van der Waals surface area contributed by atoms with E-state index in [0.717, 1.165) is 23.7 Å². The Bertz CT molecular complexity index is 137. The molecule has 3 atom stereocenters. The average Bonchev–Trinajstić information content (AvgIpc) is 2.45. The largest absolute Gasteiger partial charge is 0.0628 e. The maximum atomic E-state index is 2.37. The predicted octanol–water partition coefficient (Wildman–Crippen LogP) is 3.47. The molecule has 0 aromatic heterocycles. The van der Waals surface area contributed by atoms with E-state index in [1.807, 2.05) is 0 Å². The summed E-state index contributed by atoms with van der Waals surface area (Å²) in [7, 11) is 0. The van der Waals surface area contributed by atoms with Gasteiger partial charge in [0, 0.05) is 0 Å². The number of hydrogen-bond donors (Lipinski definition) is 0. The second-order valence-corrected chi connectivity index (χ2v) is 5.06. The summed E-state index contributed by atoms with van der Waals surface area (Å²) in [6.07, 6.45) is 7.77. The van der Waals surface area contributed by atoms with Crippen LogP contribution >= 0.6 is 0 Å². The van der Waals surface area contributed by atoms with Gasteiger partial charge < -0.3 is 0 Å². The van der Waals surface area contributed by atoms with Crippen molar-refractivity contribution in [3.05, 3.63) is 0 Å². The van der Waals surface area contributed by atoms with Crippen molar-refractivity contribution in [1.82, 2.24) is 0 Å². The fraction of sp³-hybridized carbons (Fsp3) is 1.00. The van der Waals surface area contributed by atoms with Gasteiger partial charge in [-0.2, -0.15) is 0 Å². The predicted molar refractivity (Wildman–Crippen MR) is 48.4 cm³/mol. The van der Waals surface area contributed by atoms with Gasteiger partial charge in [0.25, 0.3) is 0 Å². The summed E-state index contributed by atoms with van der Waals surface area (Å²) in [6, 6.07) is 0. The quantitative estimate of drug-likeness (QED) is 0.568. The van der Waals surface area contributed by atoms with Crippen LogP contribution in [0.25, 0.3) is 0 Å². The van der Waals surface area contributed by atoms with Crippen LogP contribution in [0.4, 0.5) is 0 Å². The minimum absolute atomic E-state index is 0.930. The van der Waals surface area contributed by atoms with E-state index >= 15 is 0 Å². The molecule has 0 heteroatoms. The molecule has 0 aliphatic heterocycles. The third-order valence-electron chi connectivity index (χ3n) is 3.66. The minimum Gasteiger partial charge on any atom is -0.0628 e. The zero-order chi connectivity index (χ0) is 7.84. The lowest BCUT2D eigenvalue weighted by Crippen LogP contribution is -2.12. The topological polar surface area (TPSA) is 0 Å². The Morgan fingerprint density at radius 3 is 2.45 bits per heavy atom. The van der Waals surface area contributed by atoms with Crippen LogP contribution in [0.5, 0.6) is 0 Å². The van der Waals surface area contributed by atoms with Gasteiger partial charge in [0.15, 0.2) is 0 Å². The van der Waals surface area contributed by atoms with Gasteiger partial charge >= 0.3 is 0 Å². The molecule has 0 saturated heterocycles. The normalized spacial score (nSPS) is 42.3. The standard InChI is InChI=1S/C11H20/c1-8(2)5-11-7-9-3-4-10(11)6-9/h8-11H,3-7H2,1-2H3. The highest BCUT2D eigenvalue weighted by Gasteiger charge is 2.39. The first kappa shape index (κ1) is 7.64. The molecule has 11 heavy (non-hydrogen) atoms. The fourth-order valence-corrected chi connectivity index (χ4v) is 3.27. The Balaban J connectivity index is 1.87. The first-order valence-electron chi connectivity index (χ1n) is 5.25. The summed E-state index contributed by atoms with van der Waals surface area (Å²) < 4.78 is 0. The summed E-state index contributed by atoms with van der Waals surface area (Å²) in [4.78, 5) is 0. The zero-order valence-corrected chi connectivity index (χ0v) is 7.84. The molecular weight excluding hydrogens is 132 g/mol. The molecule has 0 aromatic rings. The Morgan fingerprint density at radius 1 is 1.18 bits per heavy atom. The summed E-state index contributed by atoms with van der Waals surface area (Å²) in [5.74, 6) is 4.33. The highest BCUT2D eigenvalue weighted by molar-refractivity contribution is 4.89. The Kier molecular flexibility index (Phi) is 1.95. The van der Waals surface area contributed by atoms with Crippen LogP contribution in [0.15, 0.2) is 0 Å². The van der Waals surface area contributed by atoms with Crippen LogP contribution in [-0.2, 0) is 0 Å². The molecule has 2 aliphatic carbocycles. The van der Waals surface area contributed by atoms with Gasteiger partial charge in [-0.25, -0.2) is 0 Å². The molecule has 2 aliphatic rings. The van der Waals surface area contributed by atoms with E-state index in [9.17, 15) is 0 Å². The van der Waals surface area contributed by atoms with Crippen molar-refractivity contribution in [2.24, 2.45) is 23.7 Å². The highest BCUT2D eigenvalue weighted by atomic mass is 14.4. The van der Waals surface area contributed by atoms with Crippen LogP contribution in [0.3, 0.4) is 0 Å². The van der Waals surface area contributed by atoms with Crippen LogP contribution in [0.2, 0.25) is 0 Å². The van der Waals surface area contributed by atoms with Crippen LogP contribution < -0.4 is 0 Å². The van der Waals surface area contributed by atoms with E-state index < -0.39 is 0 Å². The maximum Gasteiger partial charge on any atom is -0.0381 e. The average molecular weight is 152 g/mol. The van der Waals surface area contributed by atoms with Crippen molar-refractivity contribution in [3.8, 4) is 0 Å². The van der Waals surface area contributed by atoms with Crippen molar-refractivity contribution < 1.29 is 0 Å². The summed E-state index contributed by atoms with van der Waals surface area (Å²) in [6.45, 7) is 4.73. The molecule has 3 unspecified atom stereocenters. The Hall–Kier alpha value is 0. The Labute approximate surface area is 70.4 Å². The van der Waals surface area contributed by atoms with Crippen molar-refractivity contribution in [1.29, 1.82) is 0 Å². The van der Waals surface area contributed by atoms with Gasteiger partial charge in [-0.15, -0.1) is 0 Å². The first-order chi connectivity index (χ1) is 5.25. The van der Waals surface area contributed by atoms with E-state index in [1.54, 1.807) is 25.7 Å². The van der Waals surface area contributed by atoms with E-state index in [-0.39, 0.29) is 0 Å². The molecule has 0 aromatic carbocycles. The van der Waals surface area contributed by atoms with Gasteiger partial charge in [0.05, 0.1) is 0 Å². The first-order valence-corrected chi connectivity index (χ1v) is 5.25. The van der Waals surface area contributed by atoms with Crippen LogP contribution in [0.1, 0.15) is 46.0 Å². The lowest BCUT2D eigenvalue weighted by Gasteiger charge is -2.22. The lowest BCUT2D eigenvalue weighted by molar-refractivity contribution is 0.283. The molecule has 0 nitrogen and oxygen atoms in total. The molecule has 0 heterocycles. The molecule has 2 rings (SSSR count). The van der Waals surface area contributed by atoms with E-state index in [1.165, 1.54) is 6.42 Å². The molecule has 2 saturated carbocycles. The second-order valence-electron chi connectivity index (χ2n) is 5.06. The third kappa shape index (κ3) is 1.45. The van der Waals surface area contributed by atoms with Crippen molar-refractivity contribution in [2.45, 2.75) is 46.0 Å². The molecule has 2 bridgehead atoms. The number of hydrogen-bond acceptors (Lipinski definition) is 0. The molecular formula is C11H20.